The Bertz CT molecular complexity index is 1400. The molecule has 5 rings (SSSR count). The summed E-state index contributed by atoms with van der Waals surface area (Å²) >= 11 is 0. The van der Waals surface area contributed by atoms with Gasteiger partial charge >= 0.3 is 12.0 Å². The number of nitrogens with one attached hydrogen (secondary N) is 2. The van der Waals surface area contributed by atoms with Gasteiger partial charge in [0.1, 0.15) is 0 Å². The van der Waals surface area contributed by atoms with Crippen molar-refractivity contribution in [2.75, 3.05) is 18.5 Å². The lowest BCUT2D eigenvalue weighted by Crippen LogP contribution is -2.48. The van der Waals surface area contributed by atoms with Crippen LogP contribution < -0.4 is 10.6 Å². The number of benzene rings is 3. The predicted octanol–water partition coefficient (Wildman–Crippen LogP) is 6.27. The Kier molecular flexibility index (Phi) is 8.29. The number of nitrogens with zero attached hydrogens (tertiary/aromatic N) is 1. The van der Waals surface area contributed by atoms with E-state index in [1.807, 2.05) is 72.8 Å². The van der Waals surface area contributed by atoms with Crippen LogP contribution in [0.15, 0.2) is 90.5 Å². The van der Waals surface area contributed by atoms with Crippen molar-refractivity contribution in [1.29, 1.82) is 0 Å². The van der Waals surface area contributed by atoms with E-state index in [9.17, 15) is 14.4 Å². The van der Waals surface area contributed by atoms with Gasteiger partial charge in [-0.25, -0.2) is 9.59 Å². The average molecular weight is 538 g/mol. The highest BCUT2D eigenvalue weighted by Crippen LogP contribution is 2.48. The number of unbranched alkanes of at least 4 members (excludes halogenated alkanes) is 1. The van der Waals surface area contributed by atoms with Crippen molar-refractivity contribution < 1.29 is 19.1 Å². The van der Waals surface area contributed by atoms with Crippen LogP contribution in [-0.4, -0.2) is 36.0 Å². The molecule has 7 nitrogen and oxygen atoms in total. The maximum Gasteiger partial charge on any atom is 0.338 e. The minimum Gasteiger partial charge on any atom is -0.463 e. The van der Waals surface area contributed by atoms with Crippen molar-refractivity contribution >= 4 is 29.3 Å². The largest absolute Gasteiger partial charge is 0.463 e. The van der Waals surface area contributed by atoms with Gasteiger partial charge in [-0.15, -0.1) is 0 Å². The highest BCUT2D eigenvalue weighted by Gasteiger charge is 2.44. The summed E-state index contributed by atoms with van der Waals surface area (Å²) in [6.45, 7) is 4.51. The quantitative estimate of drug-likeness (QED) is 0.299. The minimum absolute atomic E-state index is 0.0319. The molecular weight excluding hydrogens is 502 g/mol. The van der Waals surface area contributed by atoms with E-state index in [1.54, 1.807) is 11.8 Å². The molecule has 206 valence electrons. The molecule has 2 N–H and O–H groups in total. The molecule has 1 saturated carbocycles. The zero-order chi connectivity index (χ0) is 28.1. The summed E-state index contributed by atoms with van der Waals surface area (Å²) in [4.78, 5) is 41.7. The van der Waals surface area contributed by atoms with Gasteiger partial charge in [0.15, 0.2) is 0 Å². The van der Waals surface area contributed by atoms with Crippen molar-refractivity contribution in [3.05, 3.63) is 107 Å². The van der Waals surface area contributed by atoms with Crippen molar-refractivity contribution in [2.24, 2.45) is 5.92 Å². The molecule has 1 aliphatic heterocycles. The molecule has 3 atom stereocenters. The third-order valence-corrected chi connectivity index (χ3v) is 7.45. The first kappa shape index (κ1) is 27.2. The van der Waals surface area contributed by atoms with E-state index in [4.69, 9.17) is 4.74 Å². The molecule has 3 amide bonds. The normalized spacial score (nSPS) is 20.1. The van der Waals surface area contributed by atoms with Crippen LogP contribution in [0.3, 0.4) is 0 Å². The molecule has 1 aliphatic carbocycles. The van der Waals surface area contributed by atoms with Gasteiger partial charge in [0, 0.05) is 18.2 Å². The fraction of sp³-hybridized carbons (Fsp3) is 0.303. The van der Waals surface area contributed by atoms with Gasteiger partial charge in [-0.1, -0.05) is 86.1 Å². The molecule has 1 fully saturated rings. The first-order valence-corrected chi connectivity index (χ1v) is 14.0. The van der Waals surface area contributed by atoms with Crippen LogP contribution in [0.4, 0.5) is 10.5 Å². The lowest BCUT2D eigenvalue weighted by Gasteiger charge is -2.37. The second kappa shape index (κ2) is 12.2. The molecule has 0 aromatic heterocycles. The van der Waals surface area contributed by atoms with Crippen LogP contribution in [-0.2, 0) is 14.3 Å². The Balaban J connectivity index is 1.48. The summed E-state index contributed by atoms with van der Waals surface area (Å²) in [6.07, 6.45) is 2.51. The zero-order valence-electron chi connectivity index (χ0n) is 22.9. The Labute approximate surface area is 235 Å². The van der Waals surface area contributed by atoms with Gasteiger partial charge in [0.2, 0.25) is 5.91 Å². The molecule has 0 unspecified atom stereocenters. The molecule has 0 spiro atoms. The third kappa shape index (κ3) is 5.78. The van der Waals surface area contributed by atoms with E-state index in [0.717, 1.165) is 24.8 Å². The number of amides is 3. The van der Waals surface area contributed by atoms with E-state index in [1.165, 1.54) is 5.56 Å². The molecule has 0 radical (unpaired) electrons. The van der Waals surface area contributed by atoms with Gasteiger partial charge in [-0.2, -0.15) is 0 Å². The van der Waals surface area contributed by atoms with E-state index in [-0.39, 0.29) is 30.4 Å². The molecule has 2 aliphatic rings. The van der Waals surface area contributed by atoms with Crippen LogP contribution >= 0.6 is 0 Å². The molecule has 0 bridgehead atoms. The van der Waals surface area contributed by atoms with E-state index in [0.29, 0.717) is 29.1 Å². The van der Waals surface area contributed by atoms with Crippen LogP contribution in [0.25, 0.3) is 5.70 Å². The first-order valence-electron chi connectivity index (χ1n) is 14.0. The average Bonchev–Trinajstić information content (AvgIpc) is 3.79. The SMILES string of the molecule is CCCCN1C(=O)N[C@@H](c2cccc(NC(=O)[C@H]3C[C@H]3c3ccccc3)c2)C(C(=O)OCC)=C1c1ccccc1. The Morgan fingerprint density at radius 2 is 1.65 bits per heavy atom. The van der Waals surface area contributed by atoms with Crippen LogP contribution in [0, 0.1) is 5.92 Å². The number of urea groups is 1. The summed E-state index contributed by atoms with van der Waals surface area (Å²) in [5.41, 5.74) is 4.18. The first-order chi connectivity index (χ1) is 19.5. The van der Waals surface area contributed by atoms with Crippen molar-refractivity contribution in [1.82, 2.24) is 10.2 Å². The van der Waals surface area contributed by atoms with E-state index in [2.05, 4.69) is 29.7 Å². The van der Waals surface area contributed by atoms with Crippen LogP contribution in [0.1, 0.15) is 61.8 Å². The number of rotatable bonds is 10. The standard InChI is InChI=1S/C33H35N3O4/c1-3-5-19-36-30(23-15-10-7-11-16-23)28(32(38)40-4-2)29(35-33(36)39)24-17-12-18-25(20-24)34-31(37)27-21-26(27)22-13-8-6-9-14-22/h6-18,20,26-27,29H,3-5,19,21H2,1-2H3,(H,34,37)(H,35,39)/t26-,27-,29-/m0/s1. The zero-order valence-corrected chi connectivity index (χ0v) is 22.9. The summed E-state index contributed by atoms with van der Waals surface area (Å²) in [5.74, 6) is -0.364. The van der Waals surface area contributed by atoms with Crippen molar-refractivity contribution in [3.8, 4) is 0 Å². The lowest BCUT2D eigenvalue weighted by atomic mass is 9.91. The smallest absolute Gasteiger partial charge is 0.338 e. The Morgan fingerprint density at radius 3 is 2.35 bits per heavy atom. The number of carbonyl (C=O) groups excluding carboxylic acids is 3. The van der Waals surface area contributed by atoms with Crippen LogP contribution in [0.2, 0.25) is 0 Å². The molecule has 1 heterocycles. The Hall–Kier alpha value is -4.39. The van der Waals surface area contributed by atoms with Crippen molar-refractivity contribution in [3.63, 3.8) is 0 Å². The predicted molar refractivity (Wildman–Crippen MR) is 155 cm³/mol. The van der Waals surface area contributed by atoms with E-state index >= 15 is 0 Å². The van der Waals surface area contributed by atoms with Crippen molar-refractivity contribution in [2.45, 2.75) is 45.1 Å². The summed E-state index contributed by atoms with van der Waals surface area (Å²) < 4.78 is 5.52. The maximum absolute atomic E-state index is 13.5. The number of ether oxygens (including phenoxy) is 1. The second-order valence-electron chi connectivity index (χ2n) is 10.2. The number of hydrogen-bond acceptors (Lipinski definition) is 4. The highest BCUT2D eigenvalue weighted by molar-refractivity contribution is 6.04. The number of hydrogen-bond donors (Lipinski definition) is 2. The van der Waals surface area contributed by atoms with Gasteiger partial charge in [-0.3, -0.25) is 9.69 Å². The van der Waals surface area contributed by atoms with Gasteiger partial charge in [0.05, 0.1) is 23.9 Å². The third-order valence-electron chi connectivity index (χ3n) is 7.45. The fourth-order valence-electron chi connectivity index (χ4n) is 5.35. The van der Waals surface area contributed by atoms with Gasteiger partial charge in [0.25, 0.3) is 0 Å². The number of esters is 1. The fourth-order valence-corrected chi connectivity index (χ4v) is 5.35. The maximum atomic E-state index is 13.5. The topological polar surface area (TPSA) is 87.7 Å². The lowest BCUT2D eigenvalue weighted by molar-refractivity contribution is -0.139. The van der Waals surface area contributed by atoms with E-state index < -0.39 is 12.0 Å². The molecule has 0 saturated heterocycles. The summed E-state index contributed by atoms with van der Waals surface area (Å²) in [7, 11) is 0. The molecule has 3 aromatic rings. The molecule has 40 heavy (non-hydrogen) atoms. The highest BCUT2D eigenvalue weighted by atomic mass is 16.5. The number of anilines is 1. The van der Waals surface area contributed by atoms with Gasteiger partial charge in [-0.05, 0) is 54.5 Å². The molecule has 7 heteroatoms. The minimum atomic E-state index is -0.741. The second-order valence-corrected chi connectivity index (χ2v) is 10.2. The molecule has 3 aromatic carbocycles. The van der Waals surface area contributed by atoms with Gasteiger partial charge < -0.3 is 15.4 Å². The Morgan fingerprint density at radius 1 is 0.950 bits per heavy atom. The monoisotopic (exact) mass is 537 g/mol. The molecular formula is C33H35N3O4. The summed E-state index contributed by atoms with van der Waals surface area (Å²) in [5, 5.41) is 6.09. The summed E-state index contributed by atoms with van der Waals surface area (Å²) in [6, 6.07) is 25.9. The number of carbonyl (C=O) groups is 3. The van der Waals surface area contributed by atoms with Crippen LogP contribution in [0.5, 0.6) is 0 Å².